The van der Waals surface area contributed by atoms with Crippen molar-refractivity contribution in [3.63, 3.8) is 0 Å². The molecule has 2 aromatic carbocycles. The lowest BCUT2D eigenvalue weighted by Crippen LogP contribution is -3.12. The first-order valence-electron chi connectivity index (χ1n) is 8.46. The van der Waals surface area contributed by atoms with Crippen LogP contribution in [0, 0.1) is 6.92 Å². The molecule has 26 heavy (non-hydrogen) atoms. The van der Waals surface area contributed by atoms with Crippen LogP contribution < -0.4 is 19.7 Å². The number of carbonyl (C=O) groups is 1. The van der Waals surface area contributed by atoms with Gasteiger partial charge >= 0.3 is 0 Å². The number of carbonyl (C=O) groups excluding carboxylic acids is 1. The van der Waals surface area contributed by atoms with Crippen molar-refractivity contribution in [2.24, 2.45) is 0 Å². The van der Waals surface area contributed by atoms with E-state index in [4.69, 9.17) is 9.47 Å². The Kier molecular flexibility index (Phi) is 7.06. The van der Waals surface area contributed by atoms with Gasteiger partial charge in [-0.2, -0.15) is 0 Å². The molecule has 2 atom stereocenters. The molecule has 0 spiro atoms. The van der Waals surface area contributed by atoms with Crippen LogP contribution in [0.3, 0.4) is 0 Å². The Balaban J connectivity index is 2.07. The van der Waals surface area contributed by atoms with Crippen LogP contribution in [-0.4, -0.2) is 33.2 Å². The van der Waals surface area contributed by atoms with Crippen molar-refractivity contribution in [3.05, 3.63) is 52.0 Å². The molecular formula is C20H26BrN2O3+. The molecule has 5 nitrogen and oxygen atoms in total. The van der Waals surface area contributed by atoms with Gasteiger partial charge in [0, 0.05) is 15.7 Å². The summed E-state index contributed by atoms with van der Waals surface area (Å²) in [6, 6.07) is 11.3. The number of aryl methyl sites for hydroxylation is 1. The van der Waals surface area contributed by atoms with Crippen molar-refractivity contribution in [1.29, 1.82) is 0 Å². The molecule has 0 fully saturated rings. The number of benzene rings is 2. The van der Waals surface area contributed by atoms with E-state index in [0.29, 0.717) is 18.0 Å². The fourth-order valence-electron chi connectivity index (χ4n) is 2.67. The molecule has 0 aliphatic carbocycles. The Labute approximate surface area is 163 Å². The zero-order valence-corrected chi connectivity index (χ0v) is 17.4. The number of quaternary nitrogens is 1. The number of rotatable bonds is 7. The molecule has 0 aliphatic heterocycles. The Morgan fingerprint density at radius 1 is 1.15 bits per heavy atom. The lowest BCUT2D eigenvalue weighted by molar-refractivity contribution is -0.907. The van der Waals surface area contributed by atoms with Crippen molar-refractivity contribution in [2.45, 2.75) is 26.4 Å². The van der Waals surface area contributed by atoms with Gasteiger partial charge in [-0.1, -0.05) is 15.9 Å². The second kappa shape index (κ2) is 9.05. The van der Waals surface area contributed by atoms with E-state index in [9.17, 15) is 4.79 Å². The quantitative estimate of drug-likeness (QED) is 0.722. The SMILES string of the molecule is COc1cc(C)c(C[NH+](C)[C@@H](C)C(=O)Nc2ccc(Br)cc2)cc1OC. The largest absolute Gasteiger partial charge is 0.493 e. The highest BCUT2D eigenvalue weighted by molar-refractivity contribution is 9.10. The fraction of sp³-hybridized carbons (Fsp3) is 0.350. The van der Waals surface area contributed by atoms with Crippen molar-refractivity contribution in [2.75, 3.05) is 26.6 Å². The molecule has 2 rings (SSSR count). The van der Waals surface area contributed by atoms with Crippen LogP contribution in [0.1, 0.15) is 18.1 Å². The third-order valence-corrected chi connectivity index (χ3v) is 5.08. The molecule has 0 aliphatic rings. The van der Waals surface area contributed by atoms with Gasteiger partial charge in [0.15, 0.2) is 17.5 Å². The van der Waals surface area contributed by atoms with E-state index in [-0.39, 0.29) is 11.9 Å². The number of halogens is 1. The highest BCUT2D eigenvalue weighted by Crippen LogP contribution is 2.29. The zero-order chi connectivity index (χ0) is 19.3. The average molecular weight is 422 g/mol. The summed E-state index contributed by atoms with van der Waals surface area (Å²) in [6.07, 6.45) is 0. The first-order valence-corrected chi connectivity index (χ1v) is 9.25. The topological polar surface area (TPSA) is 52.0 Å². The minimum Gasteiger partial charge on any atom is -0.493 e. The van der Waals surface area contributed by atoms with Crippen molar-refractivity contribution in [1.82, 2.24) is 0 Å². The highest BCUT2D eigenvalue weighted by atomic mass is 79.9. The van der Waals surface area contributed by atoms with Crippen LogP contribution in [-0.2, 0) is 11.3 Å². The van der Waals surface area contributed by atoms with E-state index < -0.39 is 0 Å². The van der Waals surface area contributed by atoms with Crippen LogP contribution in [0.15, 0.2) is 40.9 Å². The number of hydrogen-bond acceptors (Lipinski definition) is 3. The number of likely N-dealkylation sites (N-methyl/N-ethyl adjacent to an activating group) is 1. The molecule has 0 heterocycles. The highest BCUT2D eigenvalue weighted by Gasteiger charge is 2.23. The first kappa shape index (κ1) is 20.3. The summed E-state index contributed by atoms with van der Waals surface area (Å²) in [5.74, 6) is 1.41. The van der Waals surface area contributed by atoms with Crippen LogP contribution >= 0.6 is 15.9 Å². The summed E-state index contributed by atoms with van der Waals surface area (Å²) in [5, 5.41) is 2.97. The fourth-order valence-corrected chi connectivity index (χ4v) is 2.94. The van der Waals surface area contributed by atoms with E-state index in [1.165, 1.54) is 0 Å². The first-order chi connectivity index (χ1) is 12.3. The van der Waals surface area contributed by atoms with Gasteiger partial charge in [0.1, 0.15) is 6.54 Å². The molecule has 0 saturated carbocycles. The number of hydrogen-bond donors (Lipinski definition) is 2. The van der Waals surface area contributed by atoms with Crippen LogP contribution in [0.2, 0.25) is 0 Å². The minimum absolute atomic E-state index is 0.0112. The molecule has 1 amide bonds. The number of nitrogens with one attached hydrogen (secondary N) is 2. The summed E-state index contributed by atoms with van der Waals surface area (Å²) < 4.78 is 11.7. The summed E-state index contributed by atoms with van der Waals surface area (Å²) in [4.78, 5) is 13.6. The van der Waals surface area contributed by atoms with Crippen LogP contribution in [0.5, 0.6) is 11.5 Å². The molecule has 0 bridgehead atoms. The van der Waals surface area contributed by atoms with E-state index in [1.807, 2.05) is 57.3 Å². The monoisotopic (exact) mass is 421 g/mol. The summed E-state index contributed by atoms with van der Waals surface area (Å²) in [7, 11) is 5.27. The molecule has 140 valence electrons. The molecule has 2 aromatic rings. The molecular weight excluding hydrogens is 396 g/mol. The number of anilines is 1. The minimum atomic E-state index is -0.203. The van der Waals surface area contributed by atoms with Crippen LogP contribution in [0.4, 0.5) is 5.69 Å². The molecule has 6 heteroatoms. The second-order valence-corrected chi connectivity index (χ2v) is 7.29. The third-order valence-electron chi connectivity index (χ3n) is 4.56. The van der Waals surface area contributed by atoms with Crippen LogP contribution in [0.25, 0.3) is 0 Å². The molecule has 0 saturated heterocycles. The van der Waals surface area contributed by atoms with E-state index in [2.05, 4.69) is 21.2 Å². The van der Waals surface area contributed by atoms with Gasteiger partial charge in [0.25, 0.3) is 5.91 Å². The summed E-state index contributed by atoms with van der Waals surface area (Å²) >= 11 is 3.39. The van der Waals surface area contributed by atoms with Gasteiger partial charge < -0.3 is 19.7 Å². The van der Waals surface area contributed by atoms with Crippen molar-refractivity contribution < 1.29 is 19.2 Å². The maximum Gasteiger partial charge on any atom is 0.282 e. The Bertz CT molecular complexity index is 762. The number of methoxy groups -OCH3 is 2. The van der Waals surface area contributed by atoms with Gasteiger partial charge in [-0.05, 0) is 55.8 Å². The number of ether oxygens (including phenoxy) is 2. The lowest BCUT2D eigenvalue weighted by Gasteiger charge is -2.22. The molecule has 0 radical (unpaired) electrons. The smallest absolute Gasteiger partial charge is 0.282 e. The normalized spacial score (nSPS) is 13.0. The van der Waals surface area contributed by atoms with Gasteiger partial charge in [0.2, 0.25) is 0 Å². The summed E-state index contributed by atoms with van der Waals surface area (Å²) in [5.41, 5.74) is 3.03. The average Bonchev–Trinajstić information content (AvgIpc) is 2.63. The molecule has 1 unspecified atom stereocenters. The third kappa shape index (κ3) is 4.99. The number of amides is 1. The predicted octanol–water partition coefficient (Wildman–Crippen LogP) is 2.82. The van der Waals surface area contributed by atoms with Gasteiger partial charge in [-0.3, -0.25) is 4.79 Å². The van der Waals surface area contributed by atoms with E-state index >= 15 is 0 Å². The zero-order valence-electron chi connectivity index (χ0n) is 15.9. The van der Waals surface area contributed by atoms with E-state index in [0.717, 1.165) is 26.2 Å². The molecule has 2 N–H and O–H groups in total. The Morgan fingerprint density at radius 3 is 2.31 bits per heavy atom. The second-order valence-electron chi connectivity index (χ2n) is 6.37. The summed E-state index contributed by atoms with van der Waals surface area (Å²) in [6.45, 7) is 4.68. The van der Waals surface area contributed by atoms with Crippen molar-refractivity contribution >= 4 is 27.5 Å². The lowest BCUT2D eigenvalue weighted by atomic mass is 10.1. The van der Waals surface area contributed by atoms with Gasteiger partial charge in [-0.25, -0.2) is 0 Å². The predicted molar refractivity (Wildman–Crippen MR) is 107 cm³/mol. The Morgan fingerprint density at radius 2 is 1.73 bits per heavy atom. The molecule has 0 aromatic heterocycles. The maximum absolute atomic E-state index is 12.5. The van der Waals surface area contributed by atoms with Gasteiger partial charge in [0.05, 0.1) is 21.3 Å². The van der Waals surface area contributed by atoms with Crippen molar-refractivity contribution in [3.8, 4) is 11.5 Å². The Hall–Kier alpha value is -2.05. The maximum atomic E-state index is 12.5. The standard InChI is InChI=1S/C20H25BrN2O3/c1-13-10-18(25-4)19(26-5)11-15(13)12-23(3)14(2)20(24)22-17-8-6-16(21)7-9-17/h6-11,14H,12H2,1-5H3,(H,22,24)/p+1/t14-/m0/s1. The van der Waals surface area contributed by atoms with E-state index in [1.54, 1.807) is 14.2 Å². The van der Waals surface area contributed by atoms with Gasteiger partial charge in [-0.15, -0.1) is 0 Å².